The van der Waals surface area contributed by atoms with Crippen molar-refractivity contribution in [2.45, 2.75) is 51.6 Å². The summed E-state index contributed by atoms with van der Waals surface area (Å²) in [5.74, 6) is 1.29. The predicted molar refractivity (Wildman–Crippen MR) is 110 cm³/mol. The lowest BCUT2D eigenvalue weighted by molar-refractivity contribution is -0.119. The summed E-state index contributed by atoms with van der Waals surface area (Å²) in [7, 11) is 0. The summed E-state index contributed by atoms with van der Waals surface area (Å²) < 4.78 is 14.9. The zero-order chi connectivity index (χ0) is 21.1. The number of rotatable bonds is 5. The number of carbonyl (C=O) groups is 2. The third-order valence-corrected chi connectivity index (χ3v) is 5.80. The van der Waals surface area contributed by atoms with Crippen LogP contribution in [0.4, 0.5) is 16.0 Å². The van der Waals surface area contributed by atoms with E-state index in [0.29, 0.717) is 36.2 Å². The van der Waals surface area contributed by atoms with Crippen LogP contribution in [0.25, 0.3) is 0 Å². The summed E-state index contributed by atoms with van der Waals surface area (Å²) in [5.41, 5.74) is 0.523. The minimum atomic E-state index is -0.358. The zero-order valence-electron chi connectivity index (χ0n) is 17.1. The molecule has 3 heterocycles. The molecule has 9 heteroatoms. The smallest absolute Gasteiger partial charge is 0.244 e. The Morgan fingerprint density at radius 1 is 1.20 bits per heavy atom. The first-order valence-corrected chi connectivity index (χ1v) is 10.5. The summed E-state index contributed by atoms with van der Waals surface area (Å²) in [6, 6.07) is 5.40. The molecule has 4 rings (SSSR count). The van der Waals surface area contributed by atoms with Crippen molar-refractivity contribution < 1.29 is 14.0 Å². The maximum atomic E-state index is 13.1. The van der Waals surface area contributed by atoms with Gasteiger partial charge in [-0.25, -0.2) is 4.39 Å². The number of hydrogen-bond acceptors (Lipinski definition) is 5. The average Bonchev–Trinajstić information content (AvgIpc) is 3.26. The standard InChI is InChI=1S/C21H27FN6O2/c1-14-3-2-11-27(12-10-14)21-26-25-20(17-8-9-18(29)24-17)28(21)13-19(30)23-16-6-4-15(22)5-7-16/h4-7,14,17H,2-3,8-13H2,1H3,(H,23,30)(H,24,29). The van der Waals surface area contributed by atoms with Crippen LogP contribution >= 0.6 is 0 Å². The van der Waals surface area contributed by atoms with Crippen molar-refractivity contribution in [1.29, 1.82) is 0 Å². The number of amides is 2. The largest absolute Gasteiger partial charge is 0.346 e. The van der Waals surface area contributed by atoms with E-state index in [1.165, 1.54) is 30.7 Å². The Kier molecular flexibility index (Phi) is 5.96. The number of anilines is 2. The Bertz CT molecular complexity index is 913. The molecule has 2 fully saturated rings. The Morgan fingerprint density at radius 3 is 2.73 bits per heavy atom. The number of aromatic nitrogens is 3. The highest BCUT2D eigenvalue weighted by Gasteiger charge is 2.30. The topological polar surface area (TPSA) is 92.2 Å². The van der Waals surface area contributed by atoms with Crippen molar-refractivity contribution in [1.82, 2.24) is 20.1 Å². The Labute approximate surface area is 174 Å². The molecule has 2 N–H and O–H groups in total. The maximum Gasteiger partial charge on any atom is 0.244 e. The van der Waals surface area contributed by atoms with Crippen molar-refractivity contribution >= 4 is 23.5 Å². The van der Waals surface area contributed by atoms with Crippen LogP contribution in [0.5, 0.6) is 0 Å². The Hall–Kier alpha value is -2.97. The molecule has 2 atom stereocenters. The van der Waals surface area contributed by atoms with Gasteiger partial charge >= 0.3 is 0 Å². The highest BCUT2D eigenvalue weighted by molar-refractivity contribution is 5.90. The van der Waals surface area contributed by atoms with Crippen LogP contribution in [0.3, 0.4) is 0 Å². The zero-order valence-corrected chi connectivity index (χ0v) is 17.1. The minimum Gasteiger partial charge on any atom is -0.346 e. The minimum absolute atomic E-state index is 0.0181. The van der Waals surface area contributed by atoms with Gasteiger partial charge in [-0.1, -0.05) is 6.92 Å². The molecule has 30 heavy (non-hydrogen) atoms. The van der Waals surface area contributed by atoms with E-state index >= 15 is 0 Å². The predicted octanol–water partition coefficient (Wildman–Crippen LogP) is 2.63. The van der Waals surface area contributed by atoms with E-state index in [0.717, 1.165) is 25.9 Å². The Morgan fingerprint density at radius 2 is 2.00 bits per heavy atom. The second-order valence-corrected chi connectivity index (χ2v) is 8.18. The summed E-state index contributed by atoms with van der Waals surface area (Å²) in [4.78, 5) is 26.7. The van der Waals surface area contributed by atoms with Gasteiger partial charge in [-0.05, 0) is 55.9 Å². The molecule has 1 aromatic carbocycles. The van der Waals surface area contributed by atoms with E-state index in [-0.39, 0.29) is 30.2 Å². The van der Waals surface area contributed by atoms with Crippen molar-refractivity contribution in [2.75, 3.05) is 23.3 Å². The molecule has 2 saturated heterocycles. The van der Waals surface area contributed by atoms with Crippen LogP contribution in [0, 0.1) is 11.7 Å². The molecular formula is C21H27FN6O2. The molecule has 2 aromatic rings. The van der Waals surface area contributed by atoms with E-state index in [9.17, 15) is 14.0 Å². The van der Waals surface area contributed by atoms with Gasteiger partial charge in [0.15, 0.2) is 5.82 Å². The van der Waals surface area contributed by atoms with Gasteiger partial charge in [-0.2, -0.15) is 0 Å². The van der Waals surface area contributed by atoms with Gasteiger partial charge in [-0.3, -0.25) is 14.2 Å². The molecule has 1 aromatic heterocycles. The van der Waals surface area contributed by atoms with Crippen LogP contribution in [0.15, 0.2) is 24.3 Å². The normalized spacial score (nSPS) is 21.9. The van der Waals surface area contributed by atoms with Gasteiger partial charge in [0.2, 0.25) is 17.8 Å². The van der Waals surface area contributed by atoms with Crippen LogP contribution in [-0.4, -0.2) is 39.7 Å². The summed E-state index contributed by atoms with van der Waals surface area (Å²) in [6.45, 7) is 3.99. The first-order valence-electron chi connectivity index (χ1n) is 10.5. The van der Waals surface area contributed by atoms with Crippen molar-refractivity contribution in [3.05, 3.63) is 35.9 Å². The van der Waals surface area contributed by atoms with Crippen molar-refractivity contribution in [3.63, 3.8) is 0 Å². The van der Waals surface area contributed by atoms with Crippen LogP contribution in [-0.2, 0) is 16.1 Å². The van der Waals surface area contributed by atoms with Gasteiger partial charge in [0.1, 0.15) is 12.4 Å². The van der Waals surface area contributed by atoms with Crippen molar-refractivity contribution in [3.8, 4) is 0 Å². The van der Waals surface area contributed by atoms with Crippen LogP contribution < -0.4 is 15.5 Å². The molecule has 0 radical (unpaired) electrons. The number of nitrogens with zero attached hydrogens (tertiary/aromatic N) is 4. The van der Waals surface area contributed by atoms with E-state index in [1.807, 2.05) is 4.57 Å². The van der Waals surface area contributed by atoms with E-state index in [1.54, 1.807) is 0 Å². The molecule has 2 unspecified atom stereocenters. The quantitative estimate of drug-likeness (QED) is 0.785. The number of halogens is 1. The molecular weight excluding hydrogens is 387 g/mol. The SMILES string of the molecule is CC1CCCN(c2nnc(C3CCC(=O)N3)n2CC(=O)Nc2ccc(F)cc2)CC1. The van der Waals surface area contributed by atoms with Gasteiger partial charge in [0.05, 0.1) is 6.04 Å². The highest BCUT2D eigenvalue weighted by Crippen LogP contribution is 2.27. The molecule has 2 aliphatic heterocycles. The van der Waals surface area contributed by atoms with Gasteiger partial charge in [0, 0.05) is 25.2 Å². The summed E-state index contributed by atoms with van der Waals surface area (Å²) in [5, 5.41) is 14.5. The lowest BCUT2D eigenvalue weighted by Gasteiger charge is -2.23. The summed E-state index contributed by atoms with van der Waals surface area (Å²) in [6.07, 6.45) is 4.36. The van der Waals surface area contributed by atoms with E-state index in [4.69, 9.17) is 0 Å². The molecule has 8 nitrogen and oxygen atoms in total. The van der Waals surface area contributed by atoms with E-state index < -0.39 is 0 Å². The molecule has 2 aliphatic rings. The van der Waals surface area contributed by atoms with Gasteiger partial charge in [-0.15, -0.1) is 10.2 Å². The molecule has 0 saturated carbocycles. The molecule has 2 amide bonds. The monoisotopic (exact) mass is 414 g/mol. The van der Waals surface area contributed by atoms with Crippen LogP contribution in [0.1, 0.15) is 50.9 Å². The third kappa shape index (κ3) is 4.60. The summed E-state index contributed by atoms with van der Waals surface area (Å²) >= 11 is 0. The highest BCUT2D eigenvalue weighted by atomic mass is 19.1. The first kappa shape index (κ1) is 20.3. The van der Waals surface area contributed by atoms with Gasteiger partial charge in [0.25, 0.3) is 0 Å². The third-order valence-electron chi connectivity index (χ3n) is 5.80. The maximum absolute atomic E-state index is 13.1. The van der Waals surface area contributed by atoms with Crippen LogP contribution in [0.2, 0.25) is 0 Å². The van der Waals surface area contributed by atoms with Gasteiger partial charge < -0.3 is 15.5 Å². The second kappa shape index (κ2) is 8.81. The fourth-order valence-electron chi connectivity index (χ4n) is 4.10. The fourth-order valence-corrected chi connectivity index (χ4v) is 4.10. The Balaban J connectivity index is 1.57. The molecule has 0 aliphatic carbocycles. The fraction of sp³-hybridized carbons (Fsp3) is 0.524. The number of nitrogens with one attached hydrogen (secondary N) is 2. The lowest BCUT2D eigenvalue weighted by Crippen LogP contribution is -2.31. The van der Waals surface area contributed by atoms with E-state index in [2.05, 4.69) is 32.7 Å². The second-order valence-electron chi connectivity index (χ2n) is 8.18. The average molecular weight is 414 g/mol. The molecule has 160 valence electrons. The first-order chi connectivity index (χ1) is 14.5. The lowest BCUT2D eigenvalue weighted by atomic mass is 10.0. The number of carbonyl (C=O) groups excluding carboxylic acids is 2. The van der Waals surface area contributed by atoms with Crippen molar-refractivity contribution in [2.24, 2.45) is 5.92 Å². The number of benzene rings is 1. The molecule has 0 bridgehead atoms. The number of hydrogen-bond donors (Lipinski definition) is 2. The molecule has 0 spiro atoms.